The molecule has 0 aliphatic heterocycles. The number of anilines is 2. The van der Waals surface area contributed by atoms with Crippen LogP contribution in [0.3, 0.4) is 0 Å². The highest BCUT2D eigenvalue weighted by atomic mass is 32.1. The summed E-state index contributed by atoms with van der Waals surface area (Å²) in [5, 5.41) is 4.68. The van der Waals surface area contributed by atoms with Gasteiger partial charge in [-0.05, 0) is 17.0 Å². The van der Waals surface area contributed by atoms with E-state index in [1.54, 1.807) is 12.1 Å². The van der Waals surface area contributed by atoms with Gasteiger partial charge in [0.15, 0.2) is 17.3 Å². The average Bonchev–Trinajstić information content (AvgIpc) is 3.26. The van der Waals surface area contributed by atoms with Gasteiger partial charge in [0.25, 0.3) is 0 Å². The third-order valence-corrected chi connectivity index (χ3v) is 5.97. The molecule has 0 fully saturated rings. The normalized spacial score (nSPS) is 11.6. The minimum absolute atomic E-state index is 0.237. The second-order valence-corrected chi connectivity index (χ2v) is 8.90. The molecule has 186 valence electrons. The van der Waals surface area contributed by atoms with Crippen LogP contribution in [-0.2, 0) is 19.8 Å². The number of imidazole rings is 1. The summed E-state index contributed by atoms with van der Waals surface area (Å²) < 4.78 is 40.3. The lowest BCUT2D eigenvalue weighted by Gasteiger charge is -2.15. The van der Waals surface area contributed by atoms with Gasteiger partial charge in [-0.1, -0.05) is 74.6 Å². The van der Waals surface area contributed by atoms with Crippen molar-refractivity contribution in [3.8, 4) is 22.8 Å². The largest absolute Gasteiger partial charge is 0.434 e. The molecule has 0 amide bonds. The zero-order valence-electron chi connectivity index (χ0n) is 20.0. The minimum Gasteiger partial charge on any atom is -0.394 e. The number of thiocarbonyl (C=S) groups is 1. The molecule has 0 aliphatic carbocycles. The summed E-state index contributed by atoms with van der Waals surface area (Å²) in [6, 6.07) is 15.0. The first-order valence-electron chi connectivity index (χ1n) is 11.2. The molecular weight excluding hydrogens is 485 g/mol. The van der Waals surface area contributed by atoms with Gasteiger partial charge < -0.3 is 15.6 Å². The quantitative estimate of drug-likeness (QED) is 0.287. The van der Waals surface area contributed by atoms with Crippen LogP contribution in [0, 0.1) is 0 Å². The number of nitrogens with zero attached hydrogens (tertiary/aromatic N) is 4. The van der Waals surface area contributed by atoms with Crippen molar-refractivity contribution in [2.24, 2.45) is 7.05 Å². The van der Waals surface area contributed by atoms with Crippen LogP contribution in [0.15, 0.2) is 54.7 Å². The number of aromatic nitrogens is 4. The van der Waals surface area contributed by atoms with Crippen LogP contribution in [0.1, 0.15) is 42.3 Å². The van der Waals surface area contributed by atoms with E-state index in [1.807, 2.05) is 36.4 Å². The van der Waals surface area contributed by atoms with Gasteiger partial charge in [-0.3, -0.25) is 0 Å². The molecule has 4 aromatic rings. The Labute approximate surface area is 212 Å². The molecule has 2 heterocycles. The van der Waals surface area contributed by atoms with Gasteiger partial charge in [-0.15, -0.1) is 0 Å². The van der Waals surface area contributed by atoms with Gasteiger partial charge in [0.05, 0.1) is 0 Å². The van der Waals surface area contributed by atoms with Gasteiger partial charge in [0.1, 0.15) is 17.2 Å². The highest BCUT2D eigenvalue weighted by Gasteiger charge is 2.34. The first-order chi connectivity index (χ1) is 17.1. The summed E-state index contributed by atoms with van der Waals surface area (Å²) in [5.74, 6) is 1.50. The Hall–Kier alpha value is -3.79. The second-order valence-electron chi connectivity index (χ2n) is 8.66. The van der Waals surface area contributed by atoms with E-state index in [2.05, 4.69) is 34.1 Å². The summed E-state index contributed by atoms with van der Waals surface area (Å²) >= 11 is 5.13. The molecule has 0 aliphatic rings. The van der Waals surface area contributed by atoms with Crippen molar-refractivity contribution in [1.82, 2.24) is 19.5 Å². The van der Waals surface area contributed by atoms with Crippen LogP contribution in [0.5, 0.6) is 0 Å². The molecule has 6 nitrogen and oxygen atoms in total. The number of nitrogens with one attached hydrogen (secondary N) is 1. The standard InChI is InChI=1S/C26H25F3N6S/c1-15(2)18-6-4-5-7-19(18)23-32-20(14-36)22(30)24(34-23)31-12-16-8-10-17(11-9-16)25-33-21(13-35(25)3)26(27,28)29/h4-11,13-15H,12,30H2,1-3H3,(H,31,32,34). The summed E-state index contributed by atoms with van der Waals surface area (Å²) in [5.41, 5.74) is 9.64. The molecule has 0 bridgehead atoms. The predicted molar refractivity (Wildman–Crippen MR) is 140 cm³/mol. The molecular formula is C26H25F3N6S. The Kier molecular flexibility index (Phi) is 7.07. The summed E-state index contributed by atoms with van der Waals surface area (Å²) in [7, 11) is 1.54. The number of aryl methyl sites for hydroxylation is 1. The average molecular weight is 511 g/mol. The molecule has 10 heteroatoms. The molecule has 0 spiro atoms. The fourth-order valence-electron chi connectivity index (χ4n) is 3.86. The number of hydrogen-bond acceptors (Lipinski definition) is 6. The molecule has 0 atom stereocenters. The third kappa shape index (κ3) is 5.23. The van der Waals surface area contributed by atoms with E-state index in [1.165, 1.54) is 17.0 Å². The molecule has 4 rings (SSSR count). The fraction of sp³-hybridized carbons (Fsp3) is 0.231. The van der Waals surface area contributed by atoms with Crippen LogP contribution in [0.2, 0.25) is 0 Å². The second kappa shape index (κ2) is 10.1. The lowest BCUT2D eigenvalue weighted by atomic mass is 9.97. The van der Waals surface area contributed by atoms with E-state index in [0.717, 1.165) is 22.9 Å². The van der Waals surface area contributed by atoms with E-state index in [9.17, 15) is 13.2 Å². The molecule has 0 radical (unpaired) electrons. The predicted octanol–water partition coefficient (Wildman–Crippen LogP) is 6.23. The lowest BCUT2D eigenvalue weighted by molar-refractivity contribution is -0.140. The molecule has 0 saturated carbocycles. The zero-order valence-corrected chi connectivity index (χ0v) is 20.8. The van der Waals surface area contributed by atoms with Crippen LogP contribution in [0.25, 0.3) is 22.8 Å². The van der Waals surface area contributed by atoms with Crippen molar-refractivity contribution in [2.45, 2.75) is 32.5 Å². The zero-order chi connectivity index (χ0) is 26.0. The highest BCUT2D eigenvalue weighted by molar-refractivity contribution is 7.79. The molecule has 2 aromatic carbocycles. The Morgan fingerprint density at radius 2 is 1.75 bits per heavy atom. The summed E-state index contributed by atoms with van der Waals surface area (Å²) in [6.45, 7) is 4.60. The van der Waals surface area contributed by atoms with Crippen molar-refractivity contribution in [1.29, 1.82) is 0 Å². The molecule has 36 heavy (non-hydrogen) atoms. The van der Waals surface area contributed by atoms with Crippen molar-refractivity contribution in [3.05, 3.63) is 77.2 Å². The highest BCUT2D eigenvalue weighted by Crippen LogP contribution is 2.32. The maximum atomic E-state index is 13.0. The first-order valence-corrected chi connectivity index (χ1v) is 11.7. The number of nitrogens with two attached hydrogens (primary N) is 1. The molecule has 3 N–H and O–H groups in total. The van der Waals surface area contributed by atoms with Crippen LogP contribution in [0.4, 0.5) is 24.7 Å². The lowest BCUT2D eigenvalue weighted by Crippen LogP contribution is -2.10. The maximum absolute atomic E-state index is 13.0. The first kappa shape index (κ1) is 25.3. The number of alkyl halides is 3. The van der Waals surface area contributed by atoms with Crippen molar-refractivity contribution < 1.29 is 13.2 Å². The van der Waals surface area contributed by atoms with E-state index in [0.29, 0.717) is 35.1 Å². The van der Waals surface area contributed by atoms with Crippen LogP contribution < -0.4 is 11.1 Å². The van der Waals surface area contributed by atoms with E-state index >= 15 is 0 Å². The van der Waals surface area contributed by atoms with Gasteiger partial charge in [-0.25, -0.2) is 15.0 Å². The number of benzene rings is 2. The van der Waals surface area contributed by atoms with Gasteiger partial charge in [0, 0.05) is 36.3 Å². The number of hydrogen-bond donors (Lipinski definition) is 2. The maximum Gasteiger partial charge on any atom is 0.434 e. The van der Waals surface area contributed by atoms with Crippen LogP contribution in [-0.4, -0.2) is 24.9 Å². The third-order valence-electron chi connectivity index (χ3n) is 5.75. The van der Waals surface area contributed by atoms with E-state index in [4.69, 9.17) is 18.0 Å². The number of rotatable bonds is 7. The SMILES string of the molecule is CC(C)c1ccccc1-c1nc(C=S)c(N)c(NCc2ccc(-c3nc(C(F)(F)F)cn3C)cc2)n1. The summed E-state index contributed by atoms with van der Waals surface area (Å²) in [4.78, 5) is 13.0. The number of halogens is 3. The molecule has 0 saturated heterocycles. The molecule has 0 unspecified atom stereocenters. The monoisotopic (exact) mass is 510 g/mol. The Balaban J connectivity index is 1.58. The van der Waals surface area contributed by atoms with Crippen LogP contribution >= 0.6 is 12.2 Å². The van der Waals surface area contributed by atoms with Gasteiger partial charge in [-0.2, -0.15) is 13.2 Å². The number of nitrogen functional groups attached to an aromatic ring is 1. The van der Waals surface area contributed by atoms with Gasteiger partial charge >= 0.3 is 6.18 Å². The molecule has 2 aromatic heterocycles. The smallest absolute Gasteiger partial charge is 0.394 e. The van der Waals surface area contributed by atoms with E-state index in [-0.39, 0.29) is 11.7 Å². The van der Waals surface area contributed by atoms with Crippen molar-refractivity contribution >= 4 is 29.1 Å². The Morgan fingerprint density at radius 3 is 2.36 bits per heavy atom. The van der Waals surface area contributed by atoms with Gasteiger partial charge in [0.2, 0.25) is 0 Å². The fourth-order valence-corrected chi connectivity index (χ4v) is 4.04. The van der Waals surface area contributed by atoms with E-state index < -0.39 is 11.9 Å². The Bertz CT molecular complexity index is 1390. The van der Waals surface area contributed by atoms with Crippen molar-refractivity contribution in [3.63, 3.8) is 0 Å². The topological polar surface area (TPSA) is 81.6 Å². The summed E-state index contributed by atoms with van der Waals surface area (Å²) in [6.07, 6.45) is -3.52. The van der Waals surface area contributed by atoms with Crippen molar-refractivity contribution in [2.75, 3.05) is 11.1 Å². The Morgan fingerprint density at radius 1 is 1.06 bits per heavy atom. The minimum atomic E-state index is -4.49.